The van der Waals surface area contributed by atoms with Crippen LogP contribution < -0.4 is 10.6 Å². The minimum atomic E-state index is -0.944. The van der Waals surface area contributed by atoms with Crippen LogP contribution in [0.25, 0.3) is 0 Å². The highest BCUT2D eigenvalue weighted by Crippen LogP contribution is 2.21. The van der Waals surface area contributed by atoms with Crippen molar-refractivity contribution in [3.63, 3.8) is 0 Å². The van der Waals surface area contributed by atoms with E-state index in [1.807, 2.05) is 0 Å². The number of ether oxygens (including phenoxy) is 1. The highest BCUT2D eigenvalue weighted by atomic mass is 16.5. The predicted molar refractivity (Wildman–Crippen MR) is 183 cm³/mol. The second kappa shape index (κ2) is 23.0. The van der Waals surface area contributed by atoms with E-state index in [2.05, 4.69) is 17.6 Å². The Morgan fingerprint density at radius 1 is 0.809 bits per heavy atom. The van der Waals surface area contributed by atoms with Crippen molar-refractivity contribution in [2.24, 2.45) is 0 Å². The van der Waals surface area contributed by atoms with E-state index in [0.717, 1.165) is 24.8 Å². The number of Topliss-reactive ketones (excluding diaryl/α,β-unsaturated/α-hetero) is 1. The average molecular weight is 658 g/mol. The molecule has 1 heterocycles. The van der Waals surface area contributed by atoms with Gasteiger partial charge in [-0.2, -0.15) is 0 Å². The van der Waals surface area contributed by atoms with Crippen molar-refractivity contribution in [2.75, 3.05) is 13.7 Å². The summed E-state index contributed by atoms with van der Waals surface area (Å²) in [5.41, 5.74) is 0.722. The molecule has 3 N–H and O–H groups in total. The zero-order chi connectivity index (χ0) is 34.4. The fraction of sp³-hybridized carbons (Fsp3) is 0.703. The third kappa shape index (κ3) is 15.8. The summed E-state index contributed by atoms with van der Waals surface area (Å²) < 4.78 is 4.83. The molecule has 1 aromatic carbocycles. The van der Waals surface area contributed by atoms with Crippen LogP contribution in [0.3, 0.4) is 0 Å². The van der Waals surface area contributed by atoms with E-state index in [4.69, 9.17) is 4.74 Å². The molecule has 1 aliphatic heterocycles. The summed E-state index contributed by atoms with van der Waals surface area (Å²) in [6.45, 7) is 4.32. The third-order valence-corrected chi connectivity index (χ3v) is 8.96. The zero-order valence-corrected chi connectivity index (χ0v) is 29.0. The molecule has 1 aliphatic rings. The number of methoxy groups -OCH3 is 1. The van der Waals surface area contributed by atoms with Crippen LogP contribution in [0, 0.1) is 0 Å². The van der Waals surface area contributed by atoms with Crippen molar-refractivity contribution in [2.45, 2.75) is 154 Å². The van der Waals surface area contributed by atoms with E-state index in [1.54, 1.807) is 19.1 Å². The average Bonchev–Trinajstić information content (AvgIpc) is 3.56. The SMILES string of the molecule is CCCCCCCCCCCCCCCC(=O)N[C@@H](C)C(=O)N1CCC[C@H]1C(=O)CCC(=O)N[C@@H](Cc1ccc(O)cc1)C(=O)OC. The van der Waals surface area contributed by atoms with E-state index in [9.17, 15) is 29.1 Å². The summed E-state index contributed by atoms with van der Waals surface area (Å²) in [5.74, 6) is -1.66. The first-order valence-electron chi connectivity index (χ1n) is 17.9. The van der Waals surface area contributed by atoms with Gasteiger partial charge >= 0.3 is 5.97 Å². The highest BCUT2D eigenvalue weighted by Gasteiger charge is 2.36. The molecule has 1 saturated heterocycles. The number of phenolic OH excluding ortho intramolecular Hbond substituents is 1. The van der Waals surface area contributed by atoms with Crippen LogP contribution in [0.1, 0.15) is 135 Å². The molecule has 2 rings (SSSR count). The minimum absolute atomic E-state index is 0.0762. The number of ketones is 1. The number of likely N-dealkylation sites (tertiary alicyclic amines) is 1. The topological polar surface area (TPSA) is 142 Å². The maximum atomic E-state index is 13.2. The van der Waals surface area contributed by atoms with E-state index in [-0.39, 0.29) is 42.6 Å². The number of hydrogen-bond acceptors (Lipinski definition) is 7. The van der Waals surface area contributed by atoms with Gasteiger partial charge in [-0.3, -0.25) is 19.2 Å². The molecule has 0 radical (unpaired) electrons. The van der Waals surface area contributed by atoms with Gasteiger partial charge < -0.3 is 25.4 Å². The molecule has 0 unspecified atom stereocenters. The van der Waals surface area contributed by atoms with Crippen molar-refractivity contribution in [1.82, 2.24) is 15.5 Å². The maximum Gasteiger partial charge on any atom is 0.328 e. The van der Waals surface area contributed by atoms with E-state index in [0.29, 0.717) is 25.8 Å². The third-order valence-electron chi connectivity index (χ3n) is 8.96. The first kappa shape index (κ1) is 39.7. The first-order valence-corrected chi connectivity index (χ1v) is 17.9. The van der Waals surface area contributed by atoms with Crippen molar-refractivity contribution in [3.05, 3.63) is 29.8 Å². The maximum absolute atomic E-state index is 13.2. The number of benzene rings is 1. The number of unbranched alkanes of at least 4 members (excludes halogenated alkanes) is 12. The van der Waals surface area contributed by atoms with E-state index >= 15 is 0 Å². The molecule has 264 valence electrons. The Morgan fingerprint density at radius 2 is 1.36 bits per heavy atom. The number of carbonyl (C=O) groups excluding carboxylic acids is 5. The molecule has 47 heavy (non-hydrogen) atoms. The van der Waals surface area contributed by atoms with Crippen molar-refractivity contribution >= 4 is 29.5 Å². The van der Waals surface area contributed by atoms with E-state index in [1.165, 1.54) is 88.4 Å². The normalized spacial score (nSPS) is 15.6. The molecule has 3 amide bonds. The molecule has 1 aromatic rings. The van der Waals surface area contributed by atoms with Crippen molar-refractivity contribution in [3.8, 4) is 5.75 Å². The second-order valence-electron chi connectivity index (χ2n) is 13.0. The summed E-state index contributed by atoms with van der Waals surface area (Å²) in [4.78, 5) is 65.3. The van der Waals surface area contributed by atoms with Gasteiger partial charge in [-0.05, 0) is 43.9 Å². The fourth-order valence-corrected chi connectivity index (χ4v) is 6.17. The van der Waals surface area contributed by atoms with Gasteiger partial charge in [-0.15, -0.1) is 0 Å². The Balaban J connectivity index is 1.66. The van der Waals surface area contributed by atoms with Gasteiger partial charge in [0.2, 0.25) is 17.7 Å². The van der Waals surface area contributed by atoms with Crippen molar-refractivity contribution in [1.29, 1.82) is 0 Å². The van der Waals surface area contributed by atoms with Gasteiger partial charge in [-0.25, -0.2) is 4.79 Å². The lowest BCUT2D eigenvalue weighted by atomic mass is 10.0. The number of nitrogens with zero attached hydrogens (tertiary/aromatic N) is 1. The molecular weight excluding hydrogens is 598 g/mol. The van der Waals surface area contributed by atoms with Crippen molar-refractivity contribution < 1.29 is 33.8 Å². The zero-order valence-electron chi connectivity index (χ0n) is 29.0. The molecular formula is C37H59N3O7. The standard InChI is InChI=1S/C37H59N3O7/c1-4-5-6-7-8-9-10-11-12-13-14-15-16-19-34(43)38-28(2)36(45)40-26-17-18-32(40)33(42)24-25-35(44)39-31(37(46)47-3)27-29-20-22-30(41)23-21-29/h20-23,28,31-32,41H,4-19,24-27H2,1-3H3,(H,38,43)(H,39,44)/t28-,31-,32-/m0/s1. The van der Waals surface area contributed by atoms with Crippen LogP contribution in [-0.4, -0.2) is 71.3 Å². The summed E-state index contributed by atoms with van der Waals surface area (Å²) >= 11 is 0. The monoisotopic (exact) mass is 657 g/mol. The number of carbonyl (C=O) groups is 5. The number of phenols is 1. The molecule has 0 aromatic heterocycles. The number of aromatic hydroxyl groups is 1. The molecule has 10 heteroatoms. The van der Waals surface area contributed by atoms with Gasteiger partial charge in [0, 0.05) is 32.2 Å². The lowest BCUT2D eigenvalue weighted by Crippen LogP contribution is -2.50. The molecule has 0 aliphatic carbocycles. The van der Waals surface area contributed by atoms with Crippen LogP contribution in [0.5, 0.6) is 5.75 Å². The molecule has 0 bridgehead atoms. The van der Waals surface area contributed by atoms with Gasteiger partial charge in [0.15, 0.2) is 5.78 Å². The van der Waals surface area contributed by atoms with Crippen LogP contribution in [0.15, 0.2) is 24.3 Å². The lowest BCUT2D eigenvalue weighted by Gasteiger charge is -2.27. The number of nitrogens with one attached hydrogen (secondary N) is 2. The lowest BCUT2D eigenvalue weighted by molar-refractivity contribution is -0.145. The number of hydrogen-bond donors (Lipinski definition) is 3. The predicted octanol–water partition coefficient (Wildman–Crippen LogP) is 5.92. The Labute approximate surface area is 281 Å². The smallest absolute Gasteiger partial charge is 0.328 e. The Bertz CT molecular complexity index is 1110. The fourth-order valence-electron chi connectivity index (χ4n) is 6.17. The molecule has 0 saturated carbocycles. The van der Waals surface area contributed by atoms with Gasteiger partial charge in [0.25, 0.3) is 0 Å². The Hall–Kier alpha value is -3.43. The summed E-state index contributed by atoms with van der Waals surface area (Å²) in [6, 6.07) is 3.97. The summed E-state index contributed by atoms with van der Waals surface area (Å²) in [6.07, 6.45) is 17.6. The summed E-state index contributed by atoms with van der Waals surface area (Å²) in [7, 11) is 1.23. The van der Waals surface area contributed by atoms with Crippen LogP contribution >= 0.6 is 0 Å². The van der Waals surface area contributed by atoms with Crippen LogP contribution in [0.2, 0.25) is 0 Å². The quantitative estimate of drug-likeness (QED) is 0.0926. The second-order valence-corrected chi connectivity index (χ2v) is 13.0. The van der Waals surface area contributed by atoms with Gasteiger partial charge in [0.1, 0.15) is 17.8 Å². The minimum Gasteiger partial charge on any atom is -0.508 e. The Kier molecular flexibility index (Phi) is 19.4. The van der Waals surface area contributed by atoms with Crippen LogP contribution in [0.4, 0.5) is 0 Å². The van der Waals surface area contributed by atoms with E-state index < -0.39 is 30.0 Å². The Morgan fingerprint density at radius 3 is 1.94 bits per heavy atom. The summed E-state index contributed by atoms with van der Waals surface area (Å²) in [5, 5.41) is 14.9. The number of rotatable bonds is 24. The highest BCUT2D eigenvalue weighted by molar-refractivity contribution is 5.94. The van der Waals surface area contributed by atoms with Crippen LogP contribution in [-0.2, 0) is 35.1 Å². The molecule has 1 fully saturated rings. The molecule has 3 atom stereocenters. The molecule has 0 spiro atoms. The molecule has 10 nitrogen and oxygen atoms in total. The van der Waals surface area contributed by atoms with Gasteiger partial charge in [-0.1, -0.05) is 96.1 Å². The first-order chi connectivity index (χ1) is 22.7. The van der Waals surface area contributed by atoms with Gasteiger partial charge in [0.05, 0.1) is 13.2 Å². The number of esters is 1. The largest absolute Gasteiger partial charge is 0.508 e. The number of amides is 3.